The van der Waals surface area contributed by atoms with Crippen LogP contribution in [0.15, 0.2) is 60.8 Å². The number of halogens is 1. The summed E-state index contributed by atoms with van der Waals surface area (Å²) in [7, 11) is 0. The average molecular weight is 321 g/mol. The van der Waals surface area contributed by atoms with Crippen LogP contribution in [0.5, 0.6) is 0 Å². The quantitative estimate of drug-likeness (QED) is 0.733. The summed E-state index contributed by atoms with van der Waals surface area (Å²) < 4.78 is 13.9. The molecule has 0 radical (unpaired) electrons. The Kier molecular flexibility index (Phi) is 4.13. The number of hydrogen-bond donors (Lipinski definition) is 0. The summed E-state index contributed by atoms with van der Waals surface area (Å²) in [6.45, 7) is 4.45. The Morgan fingerprint density at radius 2 is 1.67 bits per heavy atom. The van der Waals surface area contributed by atoms with E-state index in [0.29, 0.717) is 5.69 Å². The maximum atomic E-state index is 13.9. The zero-order chi connectivity index (χ0) is 16.4. The summed E-state index contributed by atoms with van der Waals surface area (Å²) in [5, 5.41) is 1.18. The molecule has 0 amide bonds. The average Bonchev–Trinajstić information content (AvgIpc) is 2.63. The van der Waals surface area contributed by atoms with E-state index in [4.69, 9.17) is 0 Å². The van der Waals surface area contributed by atoms with E-state index in [1.165, 1.54) is 17.0 Å². The Hall–Kier alpha value is -2.46. The highest BCUT2D eigenvalue weighted by Crippen LogP contribution is 2.21. The standard InChI is InChI=1S/C20H20FN3/c21-18-6-2-4-8-20(18)24-11-9-23(10-12-24)15-16-13-17-5-1-3-7-19(17)22-14-16/h1-8,13-14H,9-12,15H2. The Labute approximate surface area is 141 Å². The van der Waals surface area contributed by atoms with Gasteiger partial charge in [0.15, 0.2) is 0 Å². The van der Waals surface area contributed by atoms with E-state index >= 15 is 0 Å². The zero-order valence-electron chi connectivity index (χ0n) is 13.5. The van der Waals surface area contributed by atoms with Gasteiger partial charge in [-0.25, -0.2) is 4.39 Å². The van der Waals surface area contributed by atoms with Crippen molar-refractivity contribution in [3.8, 4) is 0 Å². The summed E-state index contributed by atoms with van der Waals surface area (Å²) in [4.78, 5) is 9.07. The van der Waals surface area contributed by atoms with Crippen molar-refractivity contribution in [2.45, 2.75) is 6.54 Å². The third kappa shape index (κ3) is 3.10. The first kappa shape index (κ1) is 15.1. The molecule has 3 aromatic rings. The van der Waals surface area contributed by atoms with Gasteiger partial charge in [0.25, 0.3) is 0 Å². The first-order chi connectivity index (χ1) is 11.8. The number of piperazine rings is 1. The first-order valence-corrected chi connectivity index (χ1v) is 8.35. The van der Waals surface area contributed by atoms with Gasteiger partial charge in [-0.2, -0.15) is 0 Å². The third-order valence-corrected chi connectivity index (χ3v) is 4.62. The molecule has 0 unspecified atom stereocenters. The molecular weight excluding hydrogens is 301 g/mol. The Bertz CT molecular complexity index is 841. The fourth-order valence-corrected chi connectivity index (χ4v) is 3.32. The van der Waals surface area contributed by atoms with Gasteiger partial charge in [-0.15, -0.1) is 0 Å². The van der Waals surface area contributed by atoms with E-state index in [1.54, 1.807) is 6.07 Å². The molecule has 3 nitrogen and oxygen atoms in total. The second-order valence-corrected chi connectivity index (χ2v) is 6.25. The van der Waals surface area contributed by atoms with Crippen LogP contribution in [0.2, 0.25) is 0 Å². The van der Waals surface area contributed by atoms with Gasteiger partial charge in [0.1, 0.15) is 5.82 Å². The summed E-state index contributed by atoms with van der Waals surface area (Å²) in [6, 6.07) is 17.4. The molecular formula is C20H20FN3. The van der Waals surface area contributed by atoms with Crippen molar-refractivity contribution in [2.24, 2.45) is 0 Å². The second-order valence-electron chi connectivity index (χ2n) is 6.25. The third-order valence-electron chi connectivity index (χ3n) is 4.62. The molecule has 1 aromatic heterocycles. The number of aromatic nitrogens is 1. The van der Waals surface area contributed by atoms with Gasteiger partial charge in [0, 0.05) is 44.3 Å². The van der Waals surface area contributed by atoms with Gasteiger partial charge >= 0.3 is 0 Å². The lowest BCUT2D eigenvalue weighted by Gasteiger charge is -2.36. The van der Waals surface area contributed by atoms with Crippen LogP contribution in [0.25, 0.3) is 10.9 Å². The number of hydrogen-bond acceptors (Lipinski definition) is 3. The molecule has 1 saturated heterocycles. The lowest BCUT2D eigenvalue weighted by Crippen LogP contribution is -2.46. The number of para-hydroxylation sites is 2. The molecule has 0 aliphatic carbocycles. The SMILES string of the molecule is Fc1ccccc1N1CCN(Cc2cnc3ccccc3c2)CC1. The highest BCUT2D eigenvalue weighted by Gasteiger charge is 2.19. The van der Waals surface area contributed by atoms with Gasteiger partial charge < -0.3 is 4.90 Å². The second kappa shape index (κ2) is 6.57. The van der Waals surface area contributed by atoms with Crippen LogP contribution in [0.4, 0.5) is 10.1 Å². The van der Waals surface area contributed by atoms with Gasteiger partial charge in [0.2, 0.25) is 0 Å². The summed E-state index contributed by atoms with van der Waals surface area (Å²) in [5.74, 6) is -0.135. The number of nitrogens with zero attached hydrogens (tertiary/aromatic N) is 3. The van der Waals surface area contributed by atoms with Gasteiger partial charge in [0.05, 0.1) is 11.2 Å². The number of benzene rings is 2. The van der Waals surface area contributed by atoms with Crippen molar-refractivity contribution < 1.29 is 4.39 Å². The minimum Gasteiger partial charge on any atom is -0.367 e. The van der Waals surface area contributed by atoms with E-state index in [2.05, 4.69) is 26.9 Å². The molecule has 24 heavy (non-hydrogen) atoms. The van der Waals surface area contributed by atoms with E-state index < -0.39 is 0 Å². The van der Waals surface area contributed by atoms with Crippen LogP contribution in [0, 0.1) is 5.82 Å². The van der Waals surface area contributed by atoms with Crippen molar-refractivity contribution in [1.29, 1.82) is 0 Å². The summed E-state index contributed by atoms with van der Waals surface area (Å²) in [5.41, 5.74) is 2.98. The van der Waals surface area contributed by atoms with Crippen LogP contribution in [0.1, 0.15) is 5.56 Å². The van der Waals surface area contributed by atoms with Gasteiger partial charge in [-0.1, -0.05) is 30.3 Å². The Balaban J connectivity index is 1.41. The van der Waals surface area contributed by atoms with E-state index in [9.17, 15) is 4.39 Å². The van der Waals surface area contributed by atoms with E-state index in [-0.39, 0.29) is 5.82 Å². The largest absolute Gasteiger partial charge is 0.367 e. The first-order valence-electron chi connectivity index (χ1n) is 8.35. The van der Waals surface area contributed by atoms with Crippen molar-refractivity contribution >= 4 is 16.6 Å². The van der Waals surface area contributed by atoms with E-state index in [0.717, 1.165) is 38.2 Å². The van der Waals surface area contributed by atoms with Crippen LogP contribution in [-0.4, -0.2) is 36.1 Å². The predicted molar refractivity (Wildman–Crippen MR) is 95.6 cm³/mol. The molecule has 0 atom stereocenters. The van der Waals surface area contributed by atoms with Crippen LogP contribution < -0.4 is 4.90 Å². The molecule has 4 rings (SSSR count). The smallest absolute Gasteiger partial charge is 0.146 e. The van der Waals surface area contributed by atoms with Crippen molar-refractivity contribution in [2.75, 3.05) is 31.1 Å². The van der Waals surface area contributed by atoms with E-state index in [1.807, 2.05) is 36.5 Å². The number of anilines is 1. The molecule has 2 aromatic carbocycles. The monoisotopic (exact) mass is 321 g/mol. The molecule has 122 valence electrons. The van der Waals surface area contributed by atoms with Crippen LogP contribution >= 0.6 is 0 Å². The molecule has 4 heteroatoms. The fraction of sp³-hybridized carbons (Fsp3) is 0.250. The molecule has 2 heterocycles. The lowest BCUT2D eigenvalue weighted by molar-refractivity contribution is 0.249. The lowest BCUT2D eigenvalue weighted by atomic mass is 10.1. The van der Waals surface area contributed by atoms with Crippen molar-refractivity contribution in [3.63, 3.8) is 0 Å². The predicted octanol–water partition coefficient (Wildman–Crippen LogP) is 3.70. The molecule has 1 aliphatic heterocycles. The molecule has 0 spiro atoms. The molecule has 0 N–H and O–H groups in total. The summed E-state index contributed by atoms with van der Waals surface area (Å²) >= 11 is 0. The maximum Gasteiger partial charge on any atom is 0.146 e. The molecule has 0 saturated carbocycles. The normalized spacial score (nSPS) is 15.8. The Morgan fingerprint density at radius 3 is 2.50 bits per heavy atom. The van der Waals surface area contributed by atoms with Crippen LogP contribution in [-0.2, 0) is 6.54 Å². The maximum absolute atomic E-state index is 13.9. The zero-order valence-corrected chi connectivity index (χ0v) is 13.5. The molecule has 1 aliphatic rings. The van der Waals surface area contributed by atoms with Crippen LogP contribution in [0.3, 0.4) is 0 Å². The Morgan fingerprint density at radius 1 is 0.917 bits per heavy atom. The van der Waals surface area contributed by atoms with Gasteiger partial charge in [-0.3, -0.25) is 9.88 Å². The molecule has 1 fully saturated rings. The number of pyridine rings is 1. The highest BCUT2D eigenvalue weighted by molar-refractivity contribution is 5.78. The van der Waals surface area contributed by atoms with Crippen molar-refractivity contribution in [3.05, 3.63) is 72.2 Å². The minimum absolute atomic E-state index is 0.135. The number of rotatable bonds is 3. The molecule has 0 bridgehead atoms. The fourth-order valence-electron chi connectivity index (χ4n) is 3.32. The number of fused-ring (bicyclic) bond motifs is 1. The highest BCUT2D eigenvalue weighted by atomic mass is 19.1. The minimum atomic E-state index is -0.135. The summed E-state index contributed by atoms with van der Waals surface area (Å²) in [6.07, 6.45) is 1.96. The van der Waals surface area contributed by atoms with Crippen molar-refractivity contribution in [1.82, 2.24) is 9.88 Å². The van der Waals surface area contributed by atoms with Gasteiger partial charge in [-0.05, 0) is 29.8 Å². The topological polar surface area (TPSA) is 19.4 Å².